The standard InChI is InChI=1S/C16H24N2O2/c1-20-16(19)15(17)11-13-7-9-18(10-8-13)12-14-5-3-2-4-6-14/h2-6,13,15H,7-12,17H2,1H3. The first-order valence-corrected chi connectivity index (χ1v) is 7.28. The molecule has 0 saturated carbocycles. The fraction of sp³-hybridized carbons (Fsp3) is 0.562. The van der Waals surface area contributed by atoms with E-state index in [-0.39, 0.29) is 5.97 Å². The number of carbonyl (C=O) groups excluding carboxylic acids is 1. The van der Waals surface area contributed by atoms with E-state index in [9.17, 15) is 4.79 Å². The van der Waals surface area contributed by atoms with Crippen LogP contribution in [0.25, 0.3) is 0 Å². The lowest BCUT2D eigenvalue weighted by Gasteiger charge is -2.32. The van der Waals surface area contributed by atoms with E-state index in [4.69, 9.17) is 5.73 Å². The fourth-order valence-corrected chi connectivity index (χ4v) is 2.83. The Morgan fingerprint density at radius 1 is 1.35 bits per heavy atom. The minimum Gasteiger partial charge on any atom is -0.468 e. The number of methoxy groups -OCH3 is 1. The van der Waals surface area contributed by atoms with E-state index < -0.39 is 6.04 Å². The summed E-state index contributed by atoms with van der Waals surface area (Å²) in [5.74, 6) is 0.243. The fourth-order valence-electron chi connectivity index (χ4n) is 2.83. The van der Waals surface area contributed by atoms with Gasteiger partial charge in [0.1, 0.15) is 6.04 Å². The molecule has 2 rings (SSSR count). The molecule has 0 aliphatic carbocycles. The molecule has 0 amide bonds. The summed E-state index contributed by atoms with van der Waals surface area (Å²) < 4.78 is 4.68. The first kappa shape index (κ1) is 15.0. The molecule has 0 radical (unpaired) electrons. The molecular formula is C16H24N2O2. The topological polar surface area (TPSA) is 55.6 Å². The molecule has 1 unspecified atom stereocenters. The highest BCUT2D eigenvalue weighted by Gasteiger charge is 2.24. The Morgan fingerprint density at radius 2 is 2.00 bits per heavy atom. The van der Waals surface area contributed by atoms with E-state index in [1.165, 1.54) is 12.7 Å². The number of hydrogen-bond acceptors (Lipinski definition) is 4. The average Bonchev–Trinajstić information content (AvgIpc) is 2.49. The largest absolute Gasteiger partial charge is 0.468 e. The van der Waals surface area contributed by atoms with Crippen LogP contribution >= 0.6 is 0 Å². The summed E-state index contributed by atoms with van der Waals surface area (Å²) in [6.07, 6.45) is 2.96. The Balaban J connectivity index is 1.74. The van der Waals surface area contributed by atoms with Crippen LogP contribution in [0.15, 0.2) is 30.3 Å². The van der Waals surface area contributed by atoms with Gasteiger partial charge in [-0.15, -0.1) is 0 Å². The van der Waals surface area contributed by atoms with Crippen molar-refractivity contribution in [1.29, 1.82) is 0 Å². The van der Waals surface area contributed by atoms with E-state index in [0.29, 0.717) is 5.92 Å². The van der Waals surface area contributed by atoms with Crippen molar-refractivity contribution < 1.29 is 9.53 Å². The van der Waals surface area contributed by atoms with Crippen LogP contribution in [0.4, 0.5) is 0 Å². The Morgan fingerprint density at radius 3 is 2.60 bits per heavy atom. The lowest BCUT2D eigenvalue weighted by atomic mass is 9.90. The van der Waals surface area contributed by atoms with Gasteiger partial charge in [0.05, 0.1) is 7.11 Å². The molecule has 0 bridgehead atoms. The zero-order valence-corrected chi connectivity index (χ0v) is 12.1. The summed E-state index contributed by atoms with van der Waals surface area (Å²) in [4.78, 5) is 13.8. The monoisotopic (exact) mass is 276 g/mol. The molecule has 1 aliphatic heterocycles. The van der Waals surface area contributed by atoms with Gasteiger partial charge in [0, 0.05) is 6.54 Å². The second-order valence-electron chi connectivity index (χ2n) is 5.57. The number of likely N-dealkylation sites (tertiary alicyclic amines) is 1. The Bertz CT molecular complexity index is 414. The molecule has 110 valence electrons. The van der Waals surface area contributed by atoms with E-state index in [2.05, 4.69) is 33.9 Å². The Labute approximate surface area is 120 Å². The van der Waals surface area contributed by atoms with Gasteiger partial charge < -0.3 is 10.5 Å². The van der Waals surface area contributed by atoms with Crippen molar-refractivity contribution in [3.05, 3.63) is 35.9 Å². The van der Waals surface area contributed by atoms with E-state index >= 15 is 0 Å². The first-order chi connectivity index (χ1) is 9.69. The zero-order chi connectivity index (χ0) is 14.4. The van der Waals surface area contributed by atoms with Gasteiger partial charge in [-0.05, 0) is 43.8 Å². The second-order valence-corrected chi connectivity index (χ2v) is 5.57. The van der Waals surface area contributed by atoms with Gasteiger partial charge in [-0.2, -0.15) is 0 Å². The molecule has 1 saturated heterocycles. The highest BCUT2D eigenvalue weighted by atomic mass is 16.5. The normalized spacial score (nSPS) is 18.7. The third-order valence-corrected chi connectivity index (χ3v) is 4.05. The Hall–Kier alpha value is -1.39. The van der Waals surface area contributed by atoms with E-state index in [1.807, 2.05) is 6.07 Å². The van der Waals surface area contributed by atoms with E-state index in [0.717, 1.165) is 38.9 Å². The molecule has 1 aliphatic rings. The third kappa shape index (κ3) is 4.32. The van der Waals surface area contributed by atoms with Crippen molar-refractivity contribution >= 4 is 5.97 Å². The van der Waals surface area contributed by atoms with Crippen LogP contribution < -0.4 is 5.73 Å². The number of benzene rings is 1. The summed E-state index contributed by atoms with van der Waals surface area (Å²) in [6, 6.07) is 10.1. The molecule has 1 heterocycles. The summed E-state index contributed by atoms with van der Waals surface area (Å²) in [5.41, 5.74) is 7.19. The van der Waals surface area contributed by atoms with Gasteiger partial charge in [0.25, 0.3) is 0 Å². The lowest BCUT2D eigenvalue weighted by Crippen LogP contribution is -2.38. The maximum atomic E-state index is 11.3. The van der Waals surface area contributed by atoms with Crippen LogP contribution in [-0.2, 0) is 16.1 Å². The van der Waals surface area contributed by atoms with Crippen molar-refractivity contribution in [3.8, 4) is 0 Å². The molecular weight excluding hydrogens is 252 g/mol. The molecule has 4 heteroatoms. The number of nitrogens with zero attached hydrogens (tertiary/aromatic N) is 1. The van der Waals surface area contributed by atoms with Crippen LogP contribution in [0.3, 0.4) is 0 Å². The number of piperidine rings is 1. The minimum absolute atomic E-state index is 0.295. The van der Waals surface area contributed by atoms with E-state index in [1.54, 1.807) is 0 Å². The lowest BCUT2D eigenvalue weighted by molar-refractivity contribution is -0.142. The highest BCUT2D eigenvalue weighted by molar-refractivity contribution is 5.75. The maximum Gasteiger partial charge on any atom is 0.322 e. The molecule has 4 nitrogen and oxygen atoms in total. The van der Waals surface area contributed by atoms with Gasteiger partial charge in [0.2, 0.25) is 0 Å². The molecule has 0 spiro atoms. The van der Waals surface area contributed by atoms with Crippen LogP contribution in [0.5, 0.6) is 0 Å². The number of ether oxygens (including phenoxy) is 1. The zero-order valence-electron chi connectivity index (χ0n) is 12.1. The SMILES string of the molecule is COC(=O)C(N)CC1CCN(Cc2ccccc2)CC1. The van der Waals surface area contributed by atoms with Crippen molar-refractivity contribution in [1.82, 2.24) is 4.90 Å². The molecule has 20 heavy (non-hydrogen) atoms. The van der Waals surface area contributed by atoms with Crippen LogP contribution in [0, 0.1) is 5.92 Å². The number of hydrogen-bond donors (Lipinski definition) is 1. The van der Waals surface area contributed by atoms with Crippen molar-refractivity contribution in [3.63, 3.8) is 0 Å². The average molecular weight is 276 g/mol. The predicted molar refractivity (Wildman–Crippen MR) is 79.1 cm³/mol. The van der Waals surface area contributed by atoms with Crippen molar-refractivity contribution in [2.24, 2.45) is 11.7 Å². The van der Waals surface area contributed by atoms with Gasteiger partial charge in [-0.25, -0.2) is 0 Å². The molecule has 1 aromatic carbocycles. The number of nitrogens with two attached hydrogens (primary N) is 1. The van der Waals surface area contributed by atoms with Crippen LogP contribution in [0.2, 0.25) is 0 Å². The quantitative estimate of drug-likeness (QED) is 0.833. The minimum atomic E-state index is -0.467. The van der Waals surface area contributed by atoms with Gasteiger partial charge in [-0.3, -0.25) is 9.69 Å². The third-order valence-electron chi connectivity index (χ3n) is 4.05. The summed E-state index contributed by atoms with van der Waals surface area (Å²) >= 11 is 0. The first-order valence-electron chi connectivity index (χ1n) is 7.28. The second kappa shape index (κ2) is 7.41. The van der Waals surface area contributed by atoms with Crippen LogP contribution in [0.1, 0.15) is 24.8 Å². The molecule has 1 fully saturated rings. The molecule has 1 aromatic rings. The van der Waals surface area contributed by atoms with Gasteiger partial charge >= 0.3 is 5.97 Å². The predicted octanol–water partition coefficient (Wildman–Crippen LogP) is 1.79. The van der Waals surface area contributed by atoms with Gasteiger partial charge in [0.15, 0.2) is 0 Å². The maximum absolute atomic E-state index is 11.3. The Kier molecular flexibility index (Phi) is 5.56. The number of rotatable bonds is 5. The summed E-state index contributed by atoms with van der Waals surface area (Å²) in [6.45, 7) is 3.16. The van der Waals surface area contributed by atoms with Crippen molar-refractivity contribution in [2.45, 2.75) is 31.8 Å². The van der Waals surface area contributed by atoms with Crippen LogP contribution in [-0.4, -0.2) is 37.1 Å². The molecule has 2 N–H and O–H groups in total. The number of esters is 1. The highest BCUT2D eigenvalue weighted by Crippen LogP contribution is 2.23. The molecule has 1 atom stereocenters. The molecule has 0 aromatic heterocycles. The number of carbonyl (C=O) groups is 1. The van der Waals surface area contributed by atoms with Gasteiger partial charge in [-0.1, -0.05) is 30.3 Å². The summed E-state index contributed by atoms with van der Waals surface area (Å²) in [5, 5.41) is 0. The summed E-state index contributed by atoms with van der Waals surface area (Å²) in [7, 11) is 1.39. The smallest absolute Gasteiger partial charge is 0.322 e. The van der Waals surface area contributed by atoms with Crippen molar-refractivity contribution in [2.75, 3.05) is 20.2 Å².